The number of fused-ring (bicyclic) bond motifs is 2. The molecule has 1 radical (unpaired) electrons. The number of benzene rings is 3. The molecule has 0 saturated carbocycles. The molecule has 3 rings (SSSR count). The summed E-state index contributed by atoms with van der Waals surface area (Å²) in [6.45, 7) is 0. The monoisotopic (exact) mass is 299 g/mol. The predicted molar refractivity (Wildman–Crippen MR) is 77.8 cm³/mol. The van der Waals surface area contributed by atoms with Crippen molar-refractivity contribution in [1.82, 2.24) is 0 Å². The third-order valence-electron chi connectivity index (χ3n) is 2.98. The molecule has 0 amide bonds. The Kier molecular flexibility index (Phi) is 2.98. The Morgan fingerprint density at radius 2 is 1.72 bits per heavy atom. The van der Waals surface area contributed by atoms with Crippen LogP contribution in [0.1, 0.15) is 0 Å². The fourth-order valence-corrected chi connectivity index (χ4v) is 2.87. The molecule has 0 aromatic heterocycles. The lowest BCUT2D eigenvalue weighted by Crippen LogP contribution is -2.00. The van der Waals surface area contributed by atoms with E-state index in [9.17, 15) is 0 Å². The van der Waals surface area contributed by atoms with Crippen molar-refractivity contribution in [3.63, 3.8) is 0 Å². The van der Waals surface area contributed by atoms with Gasteiger partial charge < -0.3 is 9.68 Å². The fourth-order valence-electron chi connectivity index (χ4n) is 2.17. The Morgan fingerprint density at radius 3 is 2.56 bits per heavy atom. The second-order valence-corrected chi connectivity index (χ2v) is 4.78. The smallest absolute Gasteiger partial charge is 0.537 e. The van der Waals surface area contributed by atoms with Gasteiger partial charge in [0.25, 0.3) is 0 Å². The minimum absolute atomic E-state index is 0.640. The van der Waals surface area contributed by atoms with Crippen molar-refractivity contribution in [2.45, 2.75) is 0 Å². The predicted octanol–water partition coefficient (Wildman–Crippen LogP) is 3.66. The minimum Gasteiger partial charge on any atom is -0.537 e. The van der Waals surface area contributed by atoms with Crippen LogP contribution in [-0.4, -0.2) is 12.7 Å². The van der Waals surface area contributed by atoms with Crippen molar-refractivity contribution in [3.05, 3.63) is 53.0 Å². The van der Waals surface area contributed by atoms with Gasteiger partial charge in [0.15, 0.2) is 0 Å². The molecule has 0 bridgehead atoms. The van der Waals surface area contributed by atoms with Crippen LogP contribution in [0.4, 0.5) is 0 Å². The van der Waals surface area contributed by atoms with E-state index >= 15 is 0 Å². The zero-order chi connectivity index (χ0) is 12.5. The van der Waals surface area contributed by atoms with Crippen LogP contribution in [0.2, 0.25) is 0 Å². The lowest BCUT2D eigenvalue weighted by atomic mass is 10.0. The molecule has 4 heteroatoms. The molecule has 1 N–H and O–H groups in total. The van der Waals surface area contributed by atoms with Gasteiger partial charge in [-0.2, -0.15) is 0 Å². The van der Waals surface area contributed by atoms with Crippen molar-refractivity contribution < 1.29 is 9.68 Å². The highest BCUT2D eigenvalue weighted by Crippen LogP contribution is 2.36. The van der Waals surface area contributed by atoms with Crippen LogP contribution in [0, 0.1) is 0 Å². The Balaban J connectivity index is 2.43. The van der Waals surface area contributed by atoms with Crippen molar-refractivity contribution in [1.29, 1.82) is 0 Å². The molecule has 0 heterocycles. The van der Waals surface area contributed by atoms with E-state index in [1.807, 2.05) is 30.3 Å². The van der Waals surface area contributed by atoms with Crippen molar-refractivity contribution in [2.24, 2.45) is 0 Å². The second-order valence-electron chi connectivity index (χ2n) is 3.99. The molecule has 0 aliphatic heterocycles. The van der Waals surface area contributed by atoms with Crippen molar-refractivity contribution in [2.75, 3.05) is 0 Å². The average Bonchev–Trinajstić information content (AvgIpc) is 2.40. The molecule has 0 atom stereocenters. The molecule has 87 valence electrons. The van der Waals surface area contributed by atoms with E-state index in [1.54, 1.807) is 0 Å². The summed E-state index contributed by atoms with van der Waals surface area (Å²) < 4.78 is 6.17. The van der Waals surface area contributed by atoms with Crippen LogP contribution >= 0.6 is 15.9 Å². The SMILES string of the molecule is O[B]Oc1cccc2c(Br)c3ccccc3cc12. The topological polar surface area (TPSA) is 29.5 Å². The highest BCUT2D eigenvalue weighted by atomic mass is 79.9. The van der Waals surface area contributed by atoms with Crippen LogP contribution in [0.5, 0.6) is 5.75 Å². The van der Waals surface area contributed by atoms with Crippen LogP contribution in [0.15, 0.2) is 53.0 Å². The third-order valence-corrected chi connectivity index (χ3v) is 3.83. The summed E-state index contributed by atoms with van der Waals surface area (Å²) in [5.41, 5.74) is 0. The molecule has 3 aromatic carbocycles. The van der Waals surface area contributed by atoms with Gasteiger partial charge in [-0.25, -0.2) is 0 Å². The average molecular weight is 300 g/mol. The van der Waals surface area contributed by atoms with Crippen LogP contribution in [0.3, 0.4) is 0 Å². The molecule has 0 fully saturated rings. The number of hydrogen-bond acceptors (Lipinski definition) is 2. The highest BCUT2D eigenvalue weighted by molar-refractivity contribution is 9.10. The van der Waals surface area contributed by atoms with Gasteiger partial charge in [0, 0.05) is 15.2 Å². The summed E-state index contributed by atoms with van der Waals surface area (Å²) in [5.74, 6) is 0.640. The molecule has 0 unspecified atom stereocenters. The Morgan fingerprint density at radius 1 is 0.944 bits per heavy atom. The molecular formula is C14H9BBrO2. The van der Waals surface area contributed by atoms with Gasteiger partial charge >= 0.3 is 7.69 Å². The maximum atomic E-state index is 8.80. The maximum Gasteiger partial charge on any atom is 0.569 e. The second kappa shape index (κ2) is 4.63. The van der Waals surface area contributed by atoms with Gasteiger partial charge in [0.1, 0.15) is 5.75 Å². The van der Waals surface area contributed by atoms with Crippen molar-refractivity contribution in [3.8, 4) is 5.75 Å². The van der Waals surface area contributed by atoms with E-state index in [4.69, 9.17) is 9.68 Å². The van der Waals surface area contributed by atoms with Gasteiger partial charge in [-0.05, 0) is 38.8 Å². The summed E-state index contributed by atoms with van der Waals surface area (Å²) in [4.78, 5) is 0. The van der Waals surface area contributed by atoms with E-state index in [1.165, 1.54) is 0 Å². The first-order chi connectivity index (χ1) is 8.81. The molecule has 2 nitrogen and oxygen atoms in total. The molecule has 18 heavy (non-hydrogen) atoms. The standard InChI is InChI=1S/C14H9BBrO2/c16-14-10-5-2-1-4-9(10)8-12-11(14)6-3-7-13(12)18-15-17/h1-8,17H. The van der Waals surface area contributed by atoms with Gasteiger partial charge in [0.05, 0.1) is 0 Å². The first-order valence-corrected chi connectivity index (χ1v) is 6.33. The molecule has 0 aliphatic rings. The van der Waals surface area contributed by atoms with Crippen molar-refractivity contribution >= 4 is 45.2 Å². The minimum atomic E-state index is 0.640. The summed E-state index contributed by atoms with van der Waals surface area (Å²) in [6.07, 6.45) is 0. The fraction of sp³-hybridized carbons (Fsp3) is 0. The Hall–Kier alpha value is -1.52. The van der Waals surface area contributed by atoms with E-state index in [0.29, 0.717) is 13.4 Å². The normalized spacial score (nSPS) is 10.8. The molecular weight excluding hydrogens is 291 g/mol. The van der Waals surface area contributed by atoms with E-state index in [2.05, 4.69) is 34.1 Å². The molecule has 0 aliphatic carbocycles. The van der Waals surface area contributed by atoms with E-state index in [0.717, 1.165) is 26.0 Å². The third kappa shape index (κ3) is 1.78. The molecule has 3 aromatic rings. The Labute approximate surface area is 114 Å². The van der Waals surface area contributed by atoms with Gasteiger partial charge in [0.2, 0.25) is 0 Å². The van der Waals surface area contributed by atoms with Crippen LogP contribution < -0.4 is 4.65 Å². The first-order valence-electron chi connectivity index (χ1n) is 5.54. The number of rotatable bonds is 2. The number of hydrogen-bond donors (Lipinski definition) is 1. The zero-order valence-electron chi connectivity index (χ0n) is 9.43. The summed E-state index contributed by atoms with van der Waals surface area (Å²) in [7, 11) is 0.706. The summed E-state index contributed by atoms with van der Waals surface area (Å²) in [6, 6.07) is 16.0. The van der Waals surface area contributed by atoms with E-state index < -0.39 is 0 Å². The zero-order valence-corrected chi connectivity index (χ0v) is 11.0. The lowest BCUT2D eigenvalue weighted by Gasteiger charge is -2.10. The maximum absolute atomic E-state index is 8.80. The van der Waals surface area contributed by atoms with Gasteiger partial charge in [-0.15, -0.1) is 0 Å². The first kappa shape index (κ1) is 11.6. The summed E-state index contributed by atoms with van der Waals surface area (Å²) in [5, 5.41) is 13.1. The van der Waals surface area contributed by atoms with Crippen LogP contribution in [-0.2, 0) is 0 Å². The van der Waals surface area contributed by atoms with Gasteiger partial charge in [-0.1, -0.05) is 36.4 Å². The quantitative estimate of drug-likeness (QED) is 0.578. The number of halogens is 1. The van der Waals surface area contributed by atoms with E-state index in [-0.39, 0.29) is 0 Å². The largest absolute Gasteiger partial charge is 0.569 e. The van der Waals surface area contributed by atoms with Crippen LogP contribution in [0.25, 0.3) is 21.5 Å². The Bertz CT molecular complexity index is 727. The highest BCUT2D eigenvalue weighted by Gasteiger charge is 2.08. The molecule has 0 spiro atoms. The van der Waals surface area contributed by atoms with Gasteiger partial charge in [-0.3, -0.25) is 0 Å². The lowest BCUT2D eigenvalue weighted by molar-refractivity contribution is 0.457. The summed E-state index contributed by atoms with van der Waals surface area (Å²) >= 11 is 3.64. The molecule has 0 saturated heterocycles.